The summed E-state index contributed by atoms with van der Waals surface area (Å²) in [5.41, 5.74) is 2.13. The Morgan fingerprint density at radius 2 is 1.70 bits per heavy atom. The number of halogens is 3. The van der Waals surface area contributed by atoms with Crippen LogP contribution in [0.5, 0.6) is 0 Å². The van der Waals surface area contributed by atoms with Gasteiger partial charge in [-0.1, -0.05) is 45.2 Å². The molecule has 0 unspecified atom stereocenters. The molecule has 0 heterocycles. The Bertz CT molecular complexity index is 1250. The van der Waals surface area contributed by atoms with E-state index in [-0.39, 0.29) is 21.2 Å². The molecule has 0 aliphatic rings. The van der Waals surface area contributed by atoms with Gasteiger partial charge in [0, 0.05) is 10.0 Å². The van der Waals surface area contributed by atoms with Crippen LogP contribution in [-0.2, 0) is 10.0 Å². The second-order valence-corrected chi connectivity index (χ2v) is 9.62. The van der Waals surface area contributed by atoms with Crippen molar-refractivity contribution >= 4 is 54.8 Å². The second-order valence-electron chi connectivity index (χ2n) is 6.65. The van der Waals surface area contributed by atoms with Gasteiger partial charge in [0.2, 0.25) is 0 Å². The van der Waals surface area contributed by atoms with E-state index in [1.165, 1.54) is 24.3 Å². The van der Waals surface area contributed by atoms with Crippen molar-refractivity contribution in [1.29, 1.82) is 0 Å². The molecular formula is C21H17BrClFN2O3S. The summed E-state index contributed by atoms with van der Waals surface area (Å²) in [6.45, 7) is 3.68. The van der Waals surface area contributed by atoms with Crippen molar-refractivity contribution in [3.8, 4) is 0 Å². The Labute approximate surface area is 187 Å². The van der Waals surface area contributed by atoms with Gasteiger partial charge in [0.25, 0.3) is 15.9 Å². The van der Waals surface area contributed by atoms with Gasteiger partial charge in [-0.15, -0.1) is 0 Å². The number of hydrogen-bond donors (Lipinski definition) is 2. The van der Waals surface area contributed by atoms with Crippen molar-refractivity contribution in [1.82, 2.24) is 0 Å². The molecule has 0 saturated heterocycles. The molecule has 9 heteroatoms. The maximum atomic E-state index is 14.0. The summed E-state index contributed by atoms with van der Waals surface area (Å²) >= 11 is 9.25. The fraction of sp³-hybridized carbons (Fsp3) is 0.0952. The van der Waals surface area contributed by atoms with E-state index in [1.54, 1.807) is 25.1 Å². The predicted molar refractivity (Wildman–Crippen MR) is 120 cm³/mol. The molecule has 5 nitrogen and oxygen atoms in total. The third-order valence-corrected chi connectivity index (χ3v) is 6.63. The van der Waals surface area contributed by atoms with Crippen molar-refractivity contribution in [3.63, 3.8) is 0 Å². The van der Waals surface area contributed by atoms with Crippen LogP contribution in [0, 0.1) is 19.7 Å². The molecule has 0 aromatic heterocycles. The number of benzene rings is 3. The third kappa shape index (κ3) is 5.00. The number of aryl methyl sites for hydroxylation is 2. The fourth-order valence-corrected chi connectivity index (χ4v) is 4.75. The van der Waals surface area contributed by atoms with Gasteiger partial charge in [-0.2, -0.15) is 0 Å². The molecule has 0 aliphatic heterocycles. The zero-order chi connectivity index (χ0) is 22.1. The third-order valence-electron chi connectivity index (χ3n) is 4.29. The van der Waals surface area contributed by atoms with Crippen LogP contribution in [-0.4, -0.2) is 14.3 Å². The van der Waals surface area contributed by atoms with Crippen molar-refractivity contribution < 1.29 is 17.6 Å². The van der Waals surface area contributed by atoms with E-state index in [2.05, 4.69) is 26.0 Å². The molecule has 3 rings (SSSR count). The normalized spacial score (nSPS) is 11.2. The highest BCUT2D eigenvalue weighted by Crippen LogP contribution is 2.27. The van der Waals surface area contributed by atoms with E-state index in [0.717, 1.165) is 17.2 Å². The van der Waals surface area contributed by atoms with E-state index >= 15 is 0 Å². The summed E-state index contributed by atoms with van der Waals surface area (Å²) < 4.78 is 42.8. The Morgan fingerprint density at radius 3 is 2.37 bits per heavy atom. The topological polar surface area (TPSA) is 75.3 Å². The minimum Gasteiger partial charge on any atom is -0.319 e. The summed E-state index contributed by atoms with van der Waals surface area (Å²) in [5, 5.41) is 2.38. The first kappa shape index (κ1) is 22.3. The zero-order valence-electron chi connectivity index (χ0n) is 16.0. The number of carbonyl (C=O) groups excluding carboxylic acids is 1. The van der Waals surface area contributed by atoms with E-state index in [0.29, 0.717) is 10.2 Å². The molecular weight excluding hydrogens is 495 g/mol. The van der Waals surface area contributed by atoms with Crippen LogP contribution in [0.2, 0.25) is 5.02 Å². The molecule has 3 aromatic rings. The SMILES string of the molecule is Cc1ccc(NS(=O)(=O)c2cc(C(=O)Nc3ccc(Br)cc3F)ccc2Cl)c(C)c1. The van der Waals surface area contributed by atoms with Crippen LogP contribution in [0.25, 0.3) is 0 Å². The molecule has 0 aliphatic carbocycles. The molecule has 0 radical (unpaired) electrons. The first-order chi connectivity index (χ1) is 14.1. The van der Waals surface area contributed by atoms with E-state index in [9.17, 15) is 17.6 Å². The number of sulfonamides is 1. The quantitative estimate of drug-likeness (QED) is 0.447. The van der Waals surface area contributed by atoms with E-state index < -0.39 is 21.7 Å². The van der Waals surface area contributed by atoms with Gasteiger partial charge < -0.3 is 5.32 Å². The first-order valence-electron chi connectivity index (χ1n) is 8.73. The minimum atomic E-state index is -4.06. The second kappa shape index (κ2) is 8.75. The van der Waals surface area contributed by atoms with E-state index in [1.807, 2.05) is 13.0 Å². The van der Waals surface area contributed by atoms with Crippen molar-refractivity contribution in [2.24, 2.45) is 0 Å². The van der Waals surface area contributed by atoms with Gasteiger partial charge in [0.15, 0.2) is 0 Å². The maximum absolute atomic E-state index is 14.0. The van der Waals surface area contributed by atoms with Crippen molar-refractivity contribution in [2.75, 3.05) is 10.0 Å². The number of hydrogen-bond acceptors (Lipinski definition) is 3. The average Bonchev–Trinajstić information content (AvgIpc) is 2.66. The van der Waals surface area contributed by atoms with Crippen LogP contribution in [0.1, 0.15) is 21.5 Å². The Hall–Kier alpha value is -2.42. The number of anilines is 2. The zero-order valence-corrected chi connectivity index (χ0v) is 19.1. The molecule has 0 saturated carbocycles. The van der Waals surface area contributed by atoms with Gasteiger partial charge >= 0.3 is 0 Å². The van der Waals surface area contributed by atoms with Gasteiger partial charge in [-0.25, -0.2) is 12.8 Å². The number of rotatable bonds is 5. The number of amides is 1. The predicted octanol–water partition coefficient (Wildman–Crippen LogP) is 5.91. The number of nitrogens with one attached hydrogen (secondary N) is 2. The van der Waals surface area contributed by atoms with Gasteiger partial charge in [0.1, 0.15) is 10.7 Å². The van der Waals surface area contributed by atoms with Crippen LogP contribution in [0.15, 0.2) is 64.0 Å². The number of carbonyl (C=O) groups is 1. The highest BCUT2D eigenvalue weighted by molar-refractivity contribution is 9.10. The lowest BCUT2D eigenvalue weighted by Gasteiger charge is -2.13. The van der Waals surface area contributed by atoms with Gasteiger partial charge in [-0.3, -0.25) is 9.52 Å². The molecule has 3 aromatic carbocycles. The molecule has 0 atom stereocenters. The summed E-state index contributed by atoms with van der Waals surface area (Å²) in [5.74, 6) is -1.30. The lowest BCUT2D eigenvalue weighted by atomic mass is 10.1. The standard InChI is InChI=1S/C21H17BrClFN2O3S/c1-12-3-7-18(13(2)9-12)26-30(28,29)20-10-14(4-6-16(20)23)21(27)25-19-8-5-15(22)11-17(19)24/h3-11,26H,1-2H3,(H,25,27). The average molecular weight is 512 g/mol. The molecule has 0 fully saturated rings. The summed E-state index contributed by atoms with van der Waals surface area (Å²) in [6, 6.07) is 13.3. The van der Waals surface area contributed by atoms with Gasteiger partial charge in [0.05, 0.1) is 16.4 Å². The van der Waals surface area contributed by atoms with Crippen LogP contribution in [0.3, 0.4) is 0 Å². The largest absolute Gasteiger partial charge is 0.319 e. The highest BCUT2D eigenvalue weighted by atomic mass is 79.9. The minimum absolute atomic E-state index is 0.0164. The Kier molecular flexibility index (Phi) is 6.50. The lowest BCUT2D eigenvalue weighted by Crippen LogP contribution is -2.17. The smallest absolute Gasteiger partial charge is 0.263 e. The molecule has 156 valence electrons. The molecule has 0 bridgehead atoms. The summed E-state index contributed by atoms with van der Waals surface area (Å²) in [6.07, 6.45) is 0. The van der Waals surface area contributed by atoms with Crippen LogP contribution < -0.4 is 10.0 Å². The first-order valence-corrected chi connectivity index (χ1v) is 11.4. The van der Waals surface area contributed by atoms with Crippen molar-refractivity contribution in [3.05, 3.63) is 86.6 Å². The van der Waals surface area contributed by atoms with Gasteiger partial charge in [-0.05, 0) is 61.9 Å². The molecule has 2 N–H and O–H groups in total. The van der Waals surface area contributed by atoms with Crippen LogP contribution in [0.4, 0.5) is 15.8 Å². The van der Waals surface area contributed by atoms with Crippen molar-refractivity contribution in [2.45, 2.75) is 18.7 Å². The van der Waals surface area contributed by atoms with Crippen LogP contribution >= 0.6 is 27.5 Å². The highest BCUT2D eigenvalue weighted by Gasteiger charge is 2.21. The Balaban J connectivity index is 1.91. The molecule has 0 spiro atoms. The molecule has 30 heavy (non-hydrogen) atoms. The molecule has 1 amide bonds. The monoisotopic (exact) mass is 510 g/mol. The van der Waals surface area contributed by atoms with E-state index in [4.69, 9.17) is 11.6 Å². The summed E-state index contributed by atoms with van der Waals surface area (Å²) in [4.78, 5) is 12.3. The maximum Gasteiger partial charge on any atom is 0.263 e. The Morgan fingerprint density at radius 1 is 1.00 bits per heavy atom. The summed E-state index contributed by atoms with van der Waals surface area (Å²) in [7, 11) is -4.06. The lowest BCUT2D eigenvalue weighted by molar-refractivity contribution is 0.102. The fourth-order valence-electron chi connectivity index (χ4n) is 2.76.